The molecule has 0 heteroatoms. The fourth-order valence-corrected chi connectivity index (χ4v) is 1.82. The average molecular weight is 152 g/mol. The number of hydrogen-bond acceptors (Lipinski definition) is 0. The lowest BCUT2D eigenvalue weighted by molar-refractivity contribution is 0.583. The quantitative estimate of drug-likeness (QED) is 0.401. The Bertz CT molecular complexity index is 115. The maximum Gasteiger partial charge on any atom is -0.0322 e. The standard InChI is InChI=1S/C11H20/c1-3-5-6-8-11-9-10(11)7-4-2/h4,10-11H,2-3,5-9H2,1H3. The van der Waals surface area contributed by atoms with Crippen LogP contribution in [-0.4, -0.2) is 0 Å². The Hall–Kier alpha value is -0.260. The van der Waals surface area contributed by atoms with Crippen molar-refractivity contribution in [2.24, 2.45) is 11.8 Å². The smallest absolute Gasteiger partial charge is 0.0322 e. The van der Waals surface area contributed by atoms with Crippen LogP contribution in [-0.2, 0) is 0 Å². The van der Waals surface area contributed by atoms with Crippen LogP contribution in [0.5, 0.6) is 0 Å². The van der Waals surface area contributed by atoms with E-state index < -0.39 is 0 Å². The zero-order valence-corrected chi connectivity index (χ0v) is 7.68. The Morgan fingerprint density at radius 1 is 1.36 bits per heavy atom. The third-order valence-electron chi connectivity index (χ3n) is 2.72. The fourth-order valence-electron chi connectivity index (χ4n) is 1.82. The van der Waals surface area contributed by atoms with Gasteiger partial charge in [0.2, 0.25) is 0 Å². The van der Waals surface area contributed by atoms with E-state index in [4.69, 9.17) is 0 Å². The van der Waals surface area contributed by atoms with E-state index in [9.17, 15) is 0 Å². The van der Waals surface area contributed by atoms with Crippen molar-refractivity contribution < 1.29 is 0 Å². The molecule has 11 heavy (non-hydrogen) atoms. The lowest BCUT2D eigenvalue weighted by Gasteiger charge is -1.96. The van der Waals surface area contributed by atoms with Gasteiger partial charge in [-0.25, -0.2) is 0 Å². The predicted octanol–water partition coefficient (Wildman–Crippen LogP) is 3.78. The van der Waals surface area contributed by atoms with Crippen molar-refractivity contribution in [1.82, 2.24) is 0 Å². The van der Waals surface area contributed by atoms with Gasteiger partial charge >= 0.3 is 0 Å². The molecule has 0 heterocycles. The van der Waals surface area contributed by atoms with Crippen molar-refractivity contribution in [3.63, 3.8) is 0 Å². The Morgan fingerprint density at radius 3 is 2.82 bits per heavy atom. The van der Waals surface area contributed by atoms with Crippen LogP contribution in [0.3, 0.4) is 0 Å². The molecule has 2 unspecified atom stereocenters. The van der Waals surface area contributed by atoms with Crippen LogP contribution in [0.4, 0.5) is 0 Å². The van der Waals surface area contributed by atoms with Crippen LogP contribution in [0.15, 0.2) is 12.7 Å². The summed E-state index contributed by atoms with van der Waals surface area (Å²) in [5.74, 6) is 2.09. The summed E-state index contributed by atoms with van der Waals surface area (Å²) in [6.45, 7) is 6.04. The molecule has 0 aliphatic heterocycles. The normalized spacial score (nSPS) is 28.5. The molecule has 1 fully saturated rings. The molecule has 1 aliphatic carbocycles. The minimum absolute atomic E-state index is 1.02. The summed E-state index contributed by atoms with van der Waals surface area (Å²) in [7, 11) is 0. The van der Waals surface area contributed by atoms with Gasteiger partial charge in [-0.3, -0.25) is 0 Å². The molecule has 0 radical (unpaired) electrons. The molecule has 0 amide bonds. The molecule has 0 spiro atoms. The Kier molecular flexibility index (Phi) is 3.68. The van der Waals surface area contributed by atoms with Gasteiger partial charge in [0.25, 0.3) is 0 Å². The summed E-state index contributed by atoms with van der Waals surface area (Å²) in [4.78, 5) is 0. The Labute approximate surface area is 70.7 Å². The molecule has 2 atom stereocenters. The fraction of sp³-hybridized carbons (Fsp3) is 0.818. The van der Waals surface area contributed by atoms with Crippen LogP contribution >= 0.6 is 0 Å². The van der Waals surface area contributed by atoms with Crippen molar-refractivity contribution in [2.45, 2.75) is 45.4 Å². The summed E-state index contributed by atoms with van der Waals surface area (Å²) in [5.41, 5.74) is 0. The molecule has 1 aliphatic rings. The highest BCUT2D eigenvalue weighted by atomic mass is 14.4. The molecule has 0 nitrogen and oxygen atoms in total. The minimum atomic E-state index is 1.02. The molecular weight excluding hydrogens is 132 g/mol. The highest BCUT2D eigenvalue weighted by molar-refractivity contribution is 4.90. The lowest BCUT2D eigenvalue weighted by atomic mass is 10.1. The van der Waals surface area contributed by atoms with E-state index in [2.05, 4.69) is 19.6 Å². The van der Waals surface area contributed by atoms with Crippen LogP contribution in [0.25, 0.3) is 0 Å². The Morgan fingerprint density at radius 2 is 2.18 bits per heavy atom. The highest BCUT2D eigenvalue weighted by Crippen LogP contribution is 2.44. The number of allylic oxidation sites excluding steroid dienone is 1. The third kappa shape index (κ3) is 3.09. The van der Waals surface area contributed by atoms with Crippen LogP contribution < -0.4 is 0 Å². The van der Waals surface area contributed by atoms with Crippen molar-refractivity contribution in [3.05, 3.63) is 12.7 Å². The van der Waals surface area contributed by atoms with Crippen molar-refractivity contribution in [1.29, 1.82) is 0 Å². The summed E-state index contributed by atoms with van der Waals surface area (Å²) in [6, 6.07) is 0. The summed E-state index contributed by atoms with van der Waals surface area (Å²) in [6.07, 6.45) is 10.5. The SMILES string of the molecule is C=CCC1CC1CCCCC. The van der Waals surface area contributed by atoms with Crippen LogP contribution in [0.1, 0.15) is 45.4 Å². The molecule has 0 saturated heterocycles. The zero-order chi connectivity index (χ0) is 8.10. The number of rotatable bonds is 6. The van der Waals surface area contributed by atoms with Gasteiger partial charge in [0.1, 0.15) is 0 Å². The van der Waals surface area contributed by atoms with Gasteiger partial charge in [-0.15, -0.1) is 6.58 Å². The first kappa shape index (κ1) is 8.83. The van der Waals surface area contributed by atoms with E-state index in [0.717, 1.165) is 11.8 Å². The van der Waals surface area contributed by atoms with Gasteiger partial charge in [-0.2, -0.15) is 0 Å². The monoisotopic (exact) mass is 152 g/mol. The van der Waals surface area contributed by atoms with E-state index in [1.54, 1.807) is 0 Å². The first-order chi connectivity index (χ1) is 5.38. The van der Waals surface area contributed by atoms with E-state index in [1.807, 2.05) is 0 Å². The lowest BCUT2D eigenvalue weighted by Crippen LogP contribution is -1.82. The topological polar surface area (TPSA) is 0 Å². The molecule has 1 rings (SSSR count). The molecule has 1 saturated carbocycles. The van der Waals surface area contributed by atoms with Gasteiger partial charge in [-0.05, 0) is 24.7 Å². The van der Waals surface area contributed by atoms with Gasteiger partial charge < -0.3 is 0 Å². The van der Waals surface area contributed by atoms with Crippen molar-refractivity contribution in [3.8, 4) is 0 Å². The number of unbranched alkanes of at least 4 members (excludes halogenated alkanes) is 2. The maximum atomic E-state index is 3.77. The van der Waals surface area contributed by atoms with Crippen LogP contribution in [0.2, 0.25) is 0 Å². The maximum absolute atomic E-state index is 3.77. The second kappa shape index (κ2) is 4.58. The first-order valence-corrected chi connectivity index (χ1v) is 4.99. The van der Waals surface area contributed by atoms with Crippen molar-refractivity contribution in [2.75, 3.05) is 0 Å². The van der Waals surface area contributed by atoms with Gasteiger partial charge in [-0.1, -0.05) is 38.7 Å². The summed E-state index contributed by atoms with van der Waals surface area (Å²) < 4.78 is 0. The second-order valence-corrected chi connectivity index (χ2v) is 3.78. The van der Waals surface area contributed by atoms with Crippen LogP contribution in [0, 0.1) is 11.8 Å². The third-order valence-corrected chi connectivity index (χ3v) is 2.72. The highest BCUT2D eigenvalue weighted by Gasteiger charge is 2.34. The molecule has 0 N–H and O–H groups in total. The molecular formula is C11H20. The van der Waals surface area contributed by atoms with Crippen molar-refractivity contribution >= 4 is 0 Å². The largest absolute Gasteiger partial charge is 0.103 e. The molecule has 0 aromatic rings. The van der Waals surface area contributed by atoms with Gasteiger partial charge in [0.15, 0.2) is 0 Å². The second-order valence-electron chi connectivity index (χ2n) is 3.78. The summed E-state index contributed by atoms with van der Waals surface area (Å²) >= 11 is 0. The van der Waals surface area contributed by atoms with E-state index in [1.165, 1.54) is 38.5 Å². The first-order valence-electron chi connectivity index (χ1n) is 4.99. The molecule has 0 bridgehead atoms. The minimum Gasteiger partial charge on any atom is -0.103 e. The Balaban J connectivity index is 1.91. The predicted molar refractivity (Wildman–Crippen MR) is 50.6 cm³/mol. The van der Waals surface area contributed by atoms with Gasteiger partial charge in [0, 0.05) is 0 Å². The summed E-state index contributed by atoms with van der Waals surface area (Å²) in [5, 5.41) is 0. The van der Waals surface area contributed by atoms with E-state index in [-0.39, 0.29) is 0 Å². The molecule has 0 aromatic heterocycles. The molecule has 64 valence electrons. The van der Waals surface area contributed by atoms with E-state index >= 15 is 0 Å². The number of hydrogen-bond donors (Lipinski definition) is 0. The van der Waals surface area contributed by atoms with E-state index in [0.29, 0.717) is 0 Å². The average Bonchev–Trinajstić information content (AvgIpc) is 2.70. The molecule has 0 aromatic carbocycles. The van der Waals surface area contributed by atoms with Gasteiger partial charge in [0.05, 0.1) is 0 Å². The zero-order valence-electron chi connectivity index (χ0n) is 7.68.